The fraction of sp³-hybridized carbons (Fsp3) is 1.00. The van der Waals surface area contributed by atoms with Crippen molar-refractivity contribution in [3.63, 3.8) is 0 Å². The second kappa shape index (κ2) is 5.58. The van der Waals surface area contributed by atoms with E-state index in [9.17, 15) is 0 Å². The van der Waals surface area contributed by atoms with E-state index in [2.05, 4.69) is 30.9 Å². The number of thioether (sulfide) groups is 1. The summed E-state index contributed by atoms with van der Waals surface area (Å²) < 4.78 is 0. The Morgan fingerprint density at radius 2 is 1.53 bits per heavy atom. The van der Waals surface area contributed by atoms with Gasteiger partial charge in [-0.3, -0.25) is 0 Å². The number of hydrogen-bond donors (Lipinski definition) is 1. The molecule has 0 aromatic carbocycles. The molecule has 1 nitrogen and oxygen atoms in total. The molecular weight excluding hydrogens is 202 g/mol. The summed E-state index contributed by atoms with van der Waals surface area (Å²) in [5.74, 6) is 4.52. The molecule has 1 saturated carbocycles. The van der Waals surface area contributed by atoms with Crippen molar-refractivity contribution in [3.05, 3.63) is 0 Å². The predicted octanol–water partition coefficient (Wildman–Crippen LogP) is 3.30. The standard InChI is InChI=1S/C13H25NS/c1-10-4-3-5-11(2)13(10)14-12-6-8-15-9-7-12/h10-14H,3-9H2,1-2H3. The Bertz CT molecular complexity index is 179. The molecule has 2 aliphatic rings. The topological polar surface area (TPSA) is 12.0 Å². The van der Waals surface area contributed by atoms with Gasteiger partial charge >= 0.3 is 0 Å². The molecule has 0 bridgehead atoms. The summed E-state index contributed by atoms with van der Waals surface area (Å²) >= 11 is 2.12. The summed E-state index contributed by atoms with van der Waals surface area (Å²) in [5.41, 5.74) is 0. The molecule has 1 N–H and O–H groups in total. The summed E-state index contributed by atoms with van der Waals surface area (Å²) in [6.45, 7) is 4.87. The lowest BCUT2D eigenvalue weighted by Gasteiger charge is -2.39. The normalized spacial score (nSPS) is 39.2. The third-order valence-corrected chi connectivity index (χ3v) is 5.24. The predicted molar refractivity (Wildman–Crippen MR) is 69.4 cm³/mol. The van der Waals surface area contributed by atoms with Crippen LogP contribution in [0.2, 0.25) is 0 Å². The summed E-state index contributed by atoms with van der Waals surface area (Å²) in [7, 11) is 0. The molecule has 2 unspecified atom stereocenters. The van der Waals surface area contributed by atoms with Crippen LogP contribution in [0.1, 0.15) is 46.0 Å². The van der Waals surface area contributed by atoms with Crippen molar-refractivity contribution < 1.29 is 0 Å². The molecule has 1 aliphatic heterocycles. The van der Waals surface area contributed by atoms with Gasteiger partial charge in [0.25, 0.3) is 0 Å². The third-order valence-electron chi connectivity index (χ3n) is 4.19. The second-order valence-electron chi connectivity index (χ2n) is 5.46. The summed E-state index contributed by atoms with van der Waals surface area (Å²) in [5, 5.41) is 3.94. The first kappa shape index (κ1) is 11.8. The molecule has 2 rings (SSSR count). The maximum absolute atomic E-state index is 3.94. The van der Waals surface area contributed by atoms with E-state index < -0.39 is 0 Å². The molecule has 1 aliphatic carbocycles. The first-order chi connectivity index (χ1) is 7.27. The Morgan fingerprint density at radius 1 is 0.933 bits per heavy atom. The van der Waals surface area contributed by atoms with Crippen LogP contribution in [-0.2, 0) is 0 Å². The minimum absolute atomic E-state index is 0.798. The summed E-state index contributed by atoms with van der Waals surface area (Å²) in [6, 6.07) is 1.62. The smallest absolute Gasteiger partial charge is 0.0121 e. The number of rotatable bonds is 2. The van der Waals surface area contributed by atoms with Crippen molar-refractivity contribution in [1.29, 1.82) is 0 Å². The van der Waals surface area contributed by atoms with Gasteiger partial charge in [0.1, 0.15) is 0 Å². The maximum Gasteiger partial charge on any atom is 0.0121 e. The molecule has 2 fully saturated rings. The molecule has 1 saturated heterocycles. The third kappa shape index (κ3) is 3.13. The zero-order valence-electron chi connectivity index (χ0n) is 10.2. The minimum Gasteiger partial charge on any atom is -0.311 e. The average Bonchev–Trinajstić information content (AvgIpc) is 2.25. The van der Waals surface area contributed by atoms with Crippen molar-refractivity contribution in [2.45, 2.75) is 58.0 Å². The lowest BCUT2D eigenvalue weighted by atomic mass is 9.78. The van der Waals surface area contributed by atoms with Crippen LogP contribution in [-0.4, -0.2) is 23.6 Å². The van der Waals surface area contributed by atoms with E-state index in [0.29, 0.717) is 0 Å². The highest BCUT2D eigenvalue weighted by Crippen LogP contribution is 2.30. The van der Waals surface area contributed by atoms with E-state index in [1.54, 1.807) is 0 Å². The van der Waals surface area contributed by atoms with Gasteiger partial charge in [0.2, 0.25) is 0 Å². The molecular formula is C13H25NS. The van der Waals surface area contributed by atoms with E-state index in [1.165, 1.54) is 43.6 Å². The van der Waals surface area contributed by atoms with Gasteiger partial charge in [-0.05, 0) is 49.0 Å². The van der Waals surface area contributed by atoms with E-state index in [0.717, 1.165) is 23.9 Å². The SMILES string of the molecule is CC1CCCC(C)C1NC1CCSCC1. The fourth-order valence-corrected chi connectivity index (χ4v) is 4.25. The Labute approximate surface area is 98.8 Å². The zero-order chi connectivity index (χ0) is 10.7. The molecule has 15 heavy (non-hydrogen) atoms. The van der Waals surface area contributed by atoms with Crippen molar-refractivity contribution >= 4 is 11.8 Å². The first-order valence-corrected chi connectivity index (χ1v) is 7.76. The Hall–Kier alpha value is 0.310. The van der Waals surface area contributed by atoms with Crippen molar-refractivity contribution in [1.82, 2.24) is 5.32 Å². The van der Waals surface area contributed by atoms with Gasteiger partial charge in [-0.2, -0.15) is 11.8 Å². The van der Waals surface area contributed by atoms with E-state index in [1.807, 2.05) is 0 Å². The average molecular weight is 227 g/mol. The van der Waals surface area contributed by atoms with Crippen LogP contribution in [0, 0.1) is 11.8 Å². The maximum atomic E-state index is 3.94. The molecule has 0 aromatic rings. The van der Waals surface area contributed by atoms with Crippen LogP contribution >= 0.6 is 11.8 Å². The highest BCUT2D eigenvalue weighted by molar-refractivity contribution is 7.99. The monoisotopic (exact) mass is 227 g/mol. The van der Waals surface area contributed by atoms with Gasteiger partial charge in [-0.25, -0.2) is 0 Å². The molecule has 1 heterocycles. The molecule has 2 atom stereocenters. The second-order valence-corrected chi connectivity index (χ2v) is 6.69. The summed E-state index contributed by atoms with van der Waals surface area (Å²) in [6.07, 6.45) is 7.09. The zero-order valence-corrected chi connectivity index (χ0v) is 11.0. The van der Waals surface area contributed by atoms with Crippen LogP contribution in [0.4, 0.5) is 0 Å². The lowest BCUT2D eigenvalue weighted by Crippen LogP contribution is -2.48. The molecule has 0 spiro atoms. The fourth-order valence-electron chi connectivity index (χ4n) is 3.15. The highest BCUT2D eigenvalue weighted by Gasteiger charge is 2.29. The Kier molecular flexibility index (Phi) is 4.39. The molecule has 0 radical (unpaired) electrons. The molecule has 88 valence electrons. The first-order valence-electron chi connectivity index (χ1n) is 6.61. The van der Waals surface area contributed by atoms with Gasteiger partial charge in [0.05, 0.1) is 0 Å². The Morgan fingerprint density at radius 3 is 2.13 bits per heavy atom. The van der Waals surface area contributed by atoms with Gasteiger partial charge in [-0.1, -0.05) is 20.3 Å². The quantitative estimate of drug-likeness (QED) is 0.777. The Balaban J connectivity index is 1.84. The molecule has 0 amide bonds. The highest BCUT2D eigenvalue weighted by atomic mass is 32.2. The van der Waals surface area contributed by atoms with Gasteiger partial charge in [0.15, 0.2) is 0 Å². The van der Waals surface area contributed by atoms with E-state index >= 15 is 0 Å². The van der Waals surface area contributed by atoms with Crippen LogP contribution in [0.5, 0.6) is 0 Å². The van der Waals surface area contributed by atoms with Gasteiger partial charge in [0, 0.05) is 12.1 Å². The summed E-state index contributed by atoms with van der Waals surface area (Å²) in [4.78, 5) is 0. The van der Waals surface area contributed by atoms with Crippen LogP contribution in [0.3, 0.4) is 0 Å². The number of hydrogen-bond acceptors (Lipinski definition) is 2. The molecule has 2 heteroatoms. The molecule has 0 aromatic heterocycles. The number of nitrogens with one attached hydrogen (secondary N) is 1. The van der Waals surface area contributed by atoms with Crippen molar-refractivity contribution in [2.75, 3.05) is 11.5 Å². The van der Waals surface area contributed by atoms with Crippen LogP contribution < -0.4 is 5.32 Å². The van der Waals surface area contributed by atoms with Crippen molar-refractivity contribution in [2.24, 2.45) is 11.8 Å². The van der Waals surface area contributed by atoms with E-state index in [4.69, 9.17) is 0 Å². The van der Waals surface area contributed by atoms with Crippen LogP contribution in [0.15, 0.2) is 0 Å². The van der Waals surface area contributed by atoms with E-state index in [-0.39, 0.29) is 0 Å². The minimum atomic E-state index is 0.798. The van der Waals surface area contributed by atoms with Gasteiger partial charge < -0.3 is 5.32 Å². The van der Waals surface area contributed by atoms with Crippen molar-refractivity contribution in [3.8, 4) is 0 Å². The van der Waals surface area contributed by atoms with Gasteiger partial charge in [-0.15, -0.1) is 0 Å². The van der Waals surface area contributed by atoms with Crippen LogP contribution in [0.25, 0.3) is 0 Å². The largest absolute Gasteiger partial charge is 0.311 e. The lowest BCUT2D eigenvalue weighted by molar-refractivity contribution is 0.189.